The minimum Gasteiger partial charge on any atom is -0.489 e. The predicted molar refractivity (Wildman–Crippen MR) is 76.5 cm³/mol. The number of hydrogen-bond acceptors (Lipinski definition) is 5. The smallest absolute Gasteiger partial charge is 0.179 e. The van der Waals surface area contributed by atoms with Crippen LogP contribution in [0.15, 0.2) is 12.1 Å². The molecule has 0 saturated heterocycles. The zero-order chi connectivity index (χ0) is 14.6. The molecule has 0 amide bonds. The fourth-order valence-electron chi connectivity index (χ4n) is 1.86. The van der Waals surface area contributed by atoms with Crippen molar-refractivity contribution >= 4 is 11.6 Å². The van der Waals surface area contributed by atoms with Crippen LogP contribution in [0.4, 0.5) is 0 Å². The van der Waals surface area contributed by atoms with Crippen LogP contribution in [0.25, 0.3) is 0 Å². The number of hydrogen-bond donors (Lipinski definition) is 3. The van der Waals surface area contributed by atoms with Gasteiger partial charge in [0.2, 0.25) is 0 Å². The maximum absolute atomic E-state index is 9.25. The number of benzene rings is 1. The van der Waals surface area contributed by atoms with Gasteiger partial charge in [-0.2, -0.15) is 0 Å². The molecule has 0 fully saturated rings. The standard InChI is InChI=1S/C14H20ClNO4/c1-14(8-17,9-18)16-7-10-5-11(15)13-12(6-10)19-3-2-4-20-13/h5-6,16-18H,2-4,7-9H2,1H3. The fraction of sp³-hybridized carbons (Fsp3) is 0.571. The summed E-state index contributed by atoms with van der Waals surface area (Å²) in [4.78, 5) is 0. The van der Waals surface area contributed by atoms with E-state index in [2.05, 4.69) is 5.32 Å². The third kappa shape index (κ3) is 3.55. The van der Waals surface area contributed by atoms with Crippen molar-refractivity contribution in [3.63, 3.8) is 0 Å². The number of nitrogens with one attached hydrogen (secondary N) is 1. The van der Waals surface area contributed by atoms with Crippen molar-refractivity contribution in [2.45, 2.75) is 25.4 Å². The number of aliphatic hydroxyl groups excluding tert-OH is 2. The molecule has 1 aliphatic rings. The highest BCUT2D eigenvalue weighted by Crippen LogP contribution is 2.38. The van der Waals surface area contributed by atoms with E-state index in [1.165, 1.54) is 0 Å². The summed E-state index contributed by atoms with van der Waals surface area (Å²) in [7, 11) is 0. The summed E-state index contributed by atoms with van der Waals surface area (Å²) in [6.45, 7) is 3.11. The molecule has 5 nitrogen and oxygen atoms in total. The SMILES string of the molecule is CC(CO)(CO)NCc1cc(Cl)c2c(c1)OCCCO2. The number of halogens is 1. The number of fused-ring (bicyclic) bond motifs is 1. The van der Waals surface area contributed by atoms with Crippen LogP contribution in [0.2, 0.25) is 5.02 Å². The Morgan fingerprint density at radius 1 is 1.25 bits per heavy atom. The Kier molecular flexibility index (Phi) is 5.10. The second-order valence-corrected chi connectivity index (χ2v) is 5.59. The minimum atomic E-state index is -0.726. The Morgan fingerprint density at radius 3 is 2.65 bits per heavy atom. The minimum absolute atomic E-state index is 0.151. The first-order chi connectivity index (χ1) is 9.58. The molecule has 1 aromatic rings. The summed E-state index contributed by atoms with van der Waals surface area (Å²) >= 11 is 6.21. The van der Waals surface area contributed by atoms with Crippen molar-refractivity contribution in [1.82, 2.24) is 5.32 Å². The van der Waals surface area contributed by atoms with Crippen LogP contribution in [-0.4, -0.2) is 42.2 Å². The first-order valence-electron chi connectivity index (χ1n) is 6.63. The Bertz CT molecular complexity index is 463. The van der Waals surface area contributed by atoms with Gasteiger partial charge in [0.25, 0.3) is 0 Å². The lowest BCUT2D eigenvalue weighted by atomic mass is 10.0. The number of aliphatic hydroxyl groups is 2. The Morgan fingerprint density at radius 2 is 1.95 bits per heavy atom. The molecule has 20 heavy (non-hydrogen) atoms. The van der Waals surface area contributed by atoms with Crippen LogP contribution in [0.1, 0.15) is 18.9 Å². The van der Waals surface area contributed by atoms with E-state index in [-0.39, 0.29) is 13.2 Å². The van der Waals surface area contributed by atoms with Crippen LogP contribution in [0.5, 0.6) is 11.5 Å². The molecule has 0 atom stereocenters. The summed E-state index contributed by atoms with van der Waals surface area (Å²) in [5, 5.41) is 22.1. The average molecular weight is 302 g/mol. The molecular formula is C14H20ClNO4. The highest BCUT2D eigenvalue weighted by molar-refractivity contribution is 6.32. The van der Waals surface area contributed by atoms with E-state index in [0.29, 0.717) is 36.3 Å². The number of rotatable bonds is 5. The van der Waals surface area contributed by atoms with Gasteiger partial charge >= 0.3 is 0 Å². The average Bonchev–Trinajstić information content (AvgIpc) is 2.70. The Balaban J connectivity index is 2.13. The van der Waals surface area contributed by atoms with Crippen molar-refractivity contribution in [2.75, 3.05) is 26.4 Å². The third-order valence-corrected chi connectivity index (χ3v) is 3.56. The van der Waals surface area contributed by atoms with E-state index >= 15 is 0 Å². The van der Waals surface area contributed by atoms with Crippen molar-refractivity contribution in [1.29, 1.82) is 0 Å². The lowest BCUT2D eigenvalue weighted by molar-refractivity contribution is 0.103. The van der Waals surface area contributed by atoms with Crippen molar-refractivity contribution in [3.8, 4) is 11.5 Å². The van der Waals surface area contributed by atoms with Crippen LogP contribution < -0.4 is 14.8 Å². The van der Waals surface area contributed by atoms with Crippen molar-refractivity contribution in [2.24, 2.45) is 0 Å². The second-order valence-electron chi connectivity index (χ2n) is 5.19. The molecule has 0 bridgehead atoms. The van der Waals surface area contributed by atoms with E-state index in [4.69, 9.17) is 21.1 Å². The quantitative estimate of drug-likeness (QED) is 0.765. The zero-order valence-electron chi connectivity index (χ0n) is 11.5. The van der Waals surface area contributed by atoms with Gasteiger partial charge in [0.15, 0.2) is 11.5 Å². The Labute approximate surface area is 123 Å². The van der Waals surface area contributed by atoms with Gasteiger partial charge in [-0.25, -0.2) is 0 Å². The molecule has 0 aliphatic carbocycles. The molecule has 1 aromatic carbocycles. The molecule has 0 radical (unpaired) electrons. The van der Waals surface area contributed by atoms with Gasteiger partial charge < -0.3 is 25.0 Å². The van der Waals surface area contributed by atoms with Crippen molar-refractivity contribution < 1.29 is 19.7 Å². The lowest BCUT2D eigenvalue weighted by Gasteiger charge is -2.26. The molecule has 1 heterocycles. The molecule has 112 valence electrons. The van der Waals surface area contributed by atoms with Crippen molar-refractivity contribution in [3.05, 3.63) is 22.7 Å². The maximum atomic E-state index is 9.25. The first-order valence-corrected chi connectivity index (χ1v) is 7.00. The summed E-state index contributed by atoms with van der Waals surface area (Å²) in [6.07, 6.45) is 0.825. The van der Waals surface area contributed by atoms with Gasteiger partial charge in [-0.3, -0.25) is 0 Å². The van der Waals surface area contributed by atoms with Gasteiger partial charge in [0, 0.05) is 13.0 Å². The van der Waals surface area contributed by atoms with E-state index in [0.717, 1.165) is 12.0 Å². The maximum Gasteiger partial charge on any atom is 0.179 e. The largest absolute Gasteiger partial charge is 0.489 e. The molecule has 1 aliphatic heterocycles. The molecule has 0 spiro atoms. The van der Waals surface area contributed by atoms with E-state index in [1.807, 2.05) is 6.07 Å². The van der Waals surface area contributed by atoms with Crippen LogP contribution >= 0.6 is 11.6 Å². The molecule has 0 unspecified atom stereocenters. The van der Waals surface area contributed by atoms with Gasteiger partial charge in [-0.05, 0) is 24.6 Å². The molecule has 3 N–H and O–H groups in total. The Hall–Kier alpha value is -1.01. The van der Waals surface area contributed by atoms with Gasteiger partial charge in [-0.1, -0.05) is 11.6 Å². The molecule has 2 rings (SSSR count). The van der Waals surface area contributed by atoms with Gasteiger partial charge in [-0.15, -0.1) is 0 Å². The molecular weight excluding hydrogens is 282 g/mol. The van der Waals surface area contributed by atoms with Crippen LogP contribution in [0.3, 0.4) is 0 Å². The lowest BCUT2D eigenvalue weighted by Crippen LogP contribution is -2.48. The third-order valence-electron chi connectivity index (χ3n) is 3.28. The fourth-order valence-corrected chi connectivity index (χ4v) is 2.15. The van der Waals surface area contributed by atoms with E-state index < -0.39 is 5.54 Å². The molecule has 0 saturated carbocycles. The monoisotopic (exact) mass is 301 g/mol. The predicted octanol–water partition coefficient (Wildman–Crippen LogP) is 1.33. The summed E-state index contributed by atoms with van der Waals surface area (Å²) < 4.78 is 11.2. The summed E-state index contributed by atoms with van der Waals surface area (Å²) in [6, 6.07) is 3.67. The molecule has 0 aromatic heterocycles. The van der Waals surface area contributed by atoms with Gasteiger partial charge in [0.1, 0.15) is 0 Å². The number of ether oxygens (including phenoxy) is 2. The van der Waals surface area contributed by atoms with Gasteiger partial charge in [0.05, 0.1) is 37.0 Å². The topological polar surface area (TPSA) is 71.0 Å². The zero-order valence-corrected chi connectivity index (χ0v) is 12.2. The first kappa shape index (κ1) is 15.4. The van der Waals surface area contributed by atoms with Crippen LogP contribution in [-0.2, 0) is 6.54 Å². The highest BCUT2D eigenvalue weighted by atomic mass is 35.5. The van der Waals surface area contributed by atoms with E-state index in [1.54, 1.807) is 13.0 Å². The molecule has 6 heteroatoms. The second kappa shape index (κ2) is 6.63. The van der Waals surface area contributed by atoms with Crippen LogP contribution in [0, 0.1) is 0 Å². The summed E-state index contributed by atoms with van der Waals surface area (Å²) in [5.41, 5.74) is 0.184. The normalized spacial score (nSPS) is 15.0. The summed E-state index contributed by atoms with van der Waals surface area (Å²) in [5.74, 6) is 1.22. The highest BCUT2D eigenvalue weighted by Gasteiger charge is 2.22. The van der Waals surface area contributed by atoms with E-state index in [9.17, 15) is 10.2 Å².